The molecule has 0 unspecified atom stereocenters. The first-order valence-electron chi connectivity index (χ1n) is 6.91. The van der Waals surface area contributed by atoms with Crippen molar-refractivity contribution in [2.45, 2.75) is 32.3 Å². The topological polar surface area (TPSA) is 54.9 Å². The average molecular weight is 301 g/mol. The fourth-order valence-electron chi connectivity index (χ4n) is 2.03. The molecule has 1 N–H and O–H groups in total. The molecule has 0 atom stereocenters. The van der Waals surface area contributed by atoms with Crippen molar-refractivity contribution < 1.29 is 4.79 Å². The van der Waals surface area contributed by atoms with Crippen LogP contribution in [0.2, 0.25) is 0 Å². The number of thioether (sulfide) groups is 1. The van der Waals surface area contributed by atoms with Crippen molar-refractivity contribution in [2.75, 3.05) is 11.1 Å². The zero-order valence-electron chi connectivity index (χ0n) is 12.5. The van der Waals surface area contributed by atoms with E-state index in [1.165, 1.54) is 11.8 Å². The van der Waals surface area contributed by atoms with Crippen molar-refractivity contribution in [2.24, 2.45) is 0 Å². The minimum Gasteiger partial charge on any atom is -0.325 e. The number of amides is 1. The molecule has 4 nitrogen and oxygen atoms in total. The Morgan fingerprint density at radius 3 is 2.52 bits per heavy atom. The lowest BCUT2D eigenvalue weighted by molar-refractivity contribution is -0.113. The molecule has 110 valence electrons. The van der Waals surface area contributed by atoms with E-state index >= 15 is 0 Å². The third-order valence-corrected chi connectivity index (χ3v) is 3.81. The zero-order valence-corrected chi connectivity index (χ0v) is 13.3. The monoisotopic (exact) mass is 301 g/mol. The molecule has 1 amide bonds. The van der Waals surface area contributed by atoms with Gasteiger partial charge in [-0.05, 0) is 38.0 Å². The summed E-state index contributed by atoms with van der Waals surface area (Å²) in [5.74, 6) is 0.268. The standard InChI is InChI=1S/C16H19N3OS/c1-4-13-7-5-6-8-14(13)19-15(20)10-21-16-17-11(2)9-12(3)18-16/h5-9H,4,10H2,1-3H3,(H,19,20). The van der Waals surface area contributed by atoms with Crippen LogP contribution in [0.3, 0.4) is 0 Å². The number of aromatic nitrogens is 2. The average Bonchev–Trinajstić information content (AvgIpc) is 2.45. The number of carbonyl (C=O) groups is 1. The molecule has 0 aliphatic heterocycles. The first-order valence-corrected chi connectivity index (χ1v) is 7.90. The smallest absolute Gasteiger partial charge is 0.234 e. The van der Waals surface area contributed by atoms with Crippen LogP contribution in [0, 0.1) is 13.8 Å². The number of carbonyl (C=O) groups excluding carboxylic acids is 1. The molecule has 2 aromatic rings. The number of hydrogen-bond donors (Lipinski definition) is 1. The zero-order chi connectivity index (χ0) is 15.2. The summed E-state index contributed by atoms with van der Waals surface area (Å²) in [6.45, 7) is 5.93. The lowest BCUT2D eigenvalue weighted by atomic mass is 10.1. The van der Waals surface area contributed by atoms with Gasteiger partial charge in [0.1, 0.15) is 0 Å². The molecule has 0 saturated carbocycles. The summed E-state index contributed by atoms with van der Waals surface area (Å²) in [7, 11) is 0. The van der Waals surface area contributed by atoms with Crippen LogP contribution in [0.4, 0.5) is 5.69 Å². The third-order valence-electron chi connectivity index (χ3n) is 2.97. The van der Waals surface area contributed by atoms with Crippen LogP contribution in [0.5, 0.6) is 0 Å². The summed E-state index contributed by atoms with van der Waals surface area (Å²) >= 11 is 1.36. The molecule has 0 fully saturated rings. The number of aryl methyl sites for hydroxylation is 3. The van der Waals surface area contributed by atoms with Gasteiger partial charge in [0.2, 0.25) is 5.91 Å². The number of benzene rings is 1. The minimum atomic E-state index is -0.0383. The van der Waals surface area contributed by atoms with E-state index in [2.05, 4.69) is 22.2 Å². The quantitative estimate of drug-likeness (QED) is 0.679. The summed E-state index contributed by atoms with van der Waals surface area (Å²) in [5.41, 5.74) is 3.86. The van der Waals surface area contributed by atoms with Crippen LogP contribution in [0.1, 0.15) is 23.9 Å². The Hall–Kier alpha value is -1.88. The molecule has 0 spiro atoms. The highest BCUT2D eigenvalue weighted by atomic mass is 32.2. The van der Waals surface area contributed by atoms with Crippen molar-refractivity contribution in [3.05, 3.63) is 47.3 Å². The first kappa shape index (κ1) is 15.5. The first-order chi connectivity index (χ1) is 10.1. The van der Waals surface area contributed by atoms with Crippen molar-refractivity contribution in [1.29, 1.82) is 0 Å². The van der Waals surface area contributed by atoms with Crippen molar-refractivity contribution in [3.8, 4) is 0 Å². The van der Waals surface area contributed by atoms with Gasteiger partial charge in [-0.3, -0.25) is 4.79 Å². The van der Waals surface area contributed by atoms with E-state index in [9.17, 15) is 4.79 Å². The summed E-state index contributed by atoms with van der Waals surface area (Å²) in [4.78, 5) is 20.7. The Kier molecular flexibility index (Phi) is 5.33. The van der Waals surface area contributed by atoms with E-state index in [1.807, 2.05) is 44.2 Å². The van der Waals surface area contributed by atoms with E-state index in [0.29, 0.717) is 10.9 Å². The predicted molar refractivity (Wildman–Crippen MR) is 86.7 cm³/mol. The highest BCUT2D eigenvalue weighted by Gasteiger charge is 2.08. The SMILES string of the molecule is CCc1ccccc1NC(=O)CSc1nc(C)cc(C)n1. The molecule has 0 saturated heterocycles. The highest BCUT2D eigenvalue weighted by Crippen LogP contribution is 2.18. The lowest BCUT2D eigenvalue weighted by Crippen LogP contribution is -2.15. The summed E-state index contributed by atoms with van der Waals surface area (Å²) < 4.78 is 0. The number of rotatable bonds is 5. The third kappa shape index (κ3) is 4.56. The van der Waals surface area contributed by atoms with Crippen LogP contribution in [0.15, 0.2) is 35.5 Å². The summed E-state index contributed by atoms with van der Waals surface area (Å²) in [6, 6.07) is 9.77. The molecule has 1 aromatic carbocycles. The van der Waals surface area contributed by atoms with Crippen LogP contribution in [-0.4, -0.2) is 21.6 Å². The Labute approximate surface area is 129 Å². The molecule has 21 heavy (non-hydrogen) atoms. The number of nitrogens with zero attached hydrogens (tertiary/aromatic N) is 2. The van der Waals surface area contributed by atoms with Gasteiger partial charge in [0, 0.05) is 17.1 Å². The summed E-state index contributed by atoms with van der Waals surface area (Å²) in [5, 5.41) is 3.59. The Bertz CT molecular complexity index is 623. The van der Waals surface area contributed by atoms with Crippen molar-refractivity contribution >= 4 is 23.4 Å². The summed E-state index contributed by atoms with van der Waals surface area (Å²) in [6.07, 6.45) is 0.893. The second-order valence-corrected chi connectivity index (χ2v) is 5.72. The van der Waals surface area contributed by atoms with Gasteiger partial charge in [0.15, 0.2) is 5.16 Å². The fourth-order valence-corrected chi connectivity index (χ4v) is 2.77. The molecule has 1 aromatic heterocycles. The largest absolute Gasteiger partial charge is 0.325 e. The molecule has 0 aliphatic carbocycles. The number of anilines is 1. The lowest BCUT2D eigenvalue weighted by Gasteiger charge is -2.09. The van der Waals surface area contributed by atoms with Crippen LogP contribution < -0.4 is 5.32 Å². The maximum absolute atomic E-state index is 12.0. The van der Waals surface area contributed by atoms with E-state index in [0.717, 1.165) is 29.1 Å². The Morgan fingerprint density at radius 2 is 1.86 bits per heavy atom. The second kappa shape index (κ2) is 7.22. The van der Waals surface area contributed by atoms with Gasteiger partial charge in [-0.2, -0.15) is 0 Å². The fraction of sp³-hybridized carbons (Fsp3) is 0.312. The normalized spacial score (nSPS) is 10.4. The van der Waals surface area contributed by atoms with Crippen LogP contribution in [0.25, 0.3) is 0 Å². The number of nitrogens with one attached hydrogen (secondary N) is 1. The molecule has 0 radical (unpaired) electrons. The number of para-hydroxylation sites is 1. The van der Waals surface area contributed by atoms with Crippen molar-refractivity contribution in [1.82, 2.24) is 9.97 Å². The van der Waals surface area contributed by atoms with Gasteiger partial charge < -0.3 is 5.32 Å². The number of hydrogen-bond acceptors (Lipinski definition) is 4. The van der Waals surface area contributed by atoms with Gasteiger partial charge in [-0.25, -0.2) is 9.97 Å². The van der Waals surface area contributed by atoms with Crippen LogP contribution >= 0.6 is 11.8 Å². The van der Waals surface area contributed by atoms with Crippen LogP contribution in [-0.2, 0) is 11.2 Å². The van der Waals surface area contributed by atoms with Gasteiger partial charge in [0.05, 0.1) is 5.75 Å². The molecule has 0 bridgehead atoms. The van der Waals surface area contributed by atoms with E-state index in [-0.39, 0.29) is 5.91 Å². The second-order valence-electron chi connectivity index (χ2n) is 4.78. The maximum Gasteiger partial charge on any atom is 0.234 e. The van der Waals surface area contributed by atoms with E-state index in [4.69, 9.17) is 0 Å². The maximum atomic E-state index is 12.0. The van der Waals surface area contributed by atoms with Gasteiger partial charge >= 0.3 is 0 Å². The highest BCUT2D eigenvalue weighted by molar-refractivity contribution is 7.99. The molecule has 1 heterocycles. The van der Waals surface area contributed by atoms with E-state index in [1.54, 1.807) is 0 Å². The van der Waals surface area contributed by atoms with Gasteiger partial charge in [0.25, 0.3) is 0 Å². The molecular weight excluding hydrogens is 282 g/mol. The molecule has 0 aliphatic rings. The van der Waals surface area contributed by atoms with Crippen molar-refractivity contribution in [3.63, 3.8) is 0 Å². The molecular formula is C16H19N3OS. The predicted octanol–water partition coefficient (Wildman–Crippen LogP) is 3.39. The van der Waals surface area contributed by atoms with Gasteiger partial charge in [-0.15, -0.1) is 0 Å². The van der Waals surface area contributed by atoms with Gasteiger partial charge in [-0.1, -0.05) is 36.9 Å². The Morgan fingerprint density at radius 1 is 1.19 bits per heavy atom. The molecule has 2 rings (SSSR count). The Balaban J connectivity index is 1.96. The minimum absolute atomic E-state index is 0.0383. The van der Waals surface area contributed by atoms with E-state index < -0.39 is 0 Å². The molecule has 5 heteroatoms.